The quantitative estimate of drug-likeness (QED) is 0.611. The van der Waals surface area contributed by atoms with Gasteiger partial charge >= 0.3 is 0 Å². The Morgan fingerprint density at radius 1 is 1.29 bits per heavy atom. The second-order valence-corrected chi connectivity index (χ2v) is 5.24. The first kappa shape index (κ1) is 9.78. The van der Waals surface area contributed by atoms with Crippen molar-refractivity contribution in [2.24, 2.45) is 7.05 Å². The summed E-state index contributed by atoms with van der Waals surface area (Å²) < 4.78 is 2.26. The smallest absolute Gasteiger partial charge is 0.0256 e. The average Bonchev–Trinajstić information content (AvgIpc) is 2.46. The molecule has 0 aromatic carbocycles. The normalized spacial score (nSPS) is 18.3. The molecule has 0 N–H and O–H groups in total. The number of aromatic nitrogens is 1. The fourth-order valence-electron chi connectivity index (χ4n) is 2.19. The van der Waals surface area contributed by atoms with Crippen molar-refractivity contribution in [3.8, 4) is 0 Å². The van der Waals surface area contributed by atoms with Crippen molar-refractivity contribution in [1.29, 1.82) is 0 Å². The number of hydrogen-bond donors (Lipinski definition) is 0. The van der Waals surface area contributed by atoms with Crippen molar-refractivity contribution < 1.29 is 0 Å². The SMILES string of the molecule is Cn1ccc2c1CCN(C(C)(C)C)C2. The largest absolute Gasteiger partial charge is 0.354 e. The highest BCUT2D eigenvalue weighted by atomic mass is 15.2. The lowest BCUT2D eigenvalue weighted by Crippen LogP contribution is -2.44. The first-order chi connectivity index (χ1) is 6.48. The van der Waals surface area contributed by atoms with E-state index in [4.69, 9.17) is 0 Å². The highest BCUT2D eigenvalue weighted by Crippen LogP contribution is 2.25. The summed E-state index contributed by atoms with van der Waals surface area (Å²) in [6, 6.07) is 2.26. The molecule has 2 heteroatoms. The van der Waals surface area contributed by atoms with Crippen LogP contribution in [0, 0.1) is 0 Å². The third-order valence-electron chi connectivity index (χ3n) is 3.22. The molecule has 0 unspecified atom stereocenters. The van der Waals surface area contributed by atoms with Crippen molar-refractivity contribution in [3.63, 3.8) is 0 Å². The highest BCUT2D eigenvalue weighted by Gasteiger charge is 2.26. The molecule has 2 rings (SSSR count). The summed E-state index contributed by atoms with van der Waals surface area (Å²) in [5.41, 5.74) is 3.33. The highest BCUT2D eigenvalue weighted by molar-refractivity contribution is 5.25. The predicted molar refractivity (Wildman–Crippen MR) is 59.3 cm³/mol. The Bertz CT molecular complexity index is 331. The maximum atomic E-state index is 2.55. The molecule has 0 radical (unpaired) electrons. The third-order valence-corrected chi connectivity index (χ3v) is 3.22. The molecule has 2 heterocycles. The summed E-state index contributed by atoms with van der Waals surface area (Å²) in [5.74, 6) is 0. The van der Waals surface area contributed by atoms with E-state index in [9.17, 15) is 0 Å². The van der Waals surface area contributed by atoms with Crippen LogP contribution in [0.1, 0.15) is 32.0 Å². The van der Waals surface area contributed by atoms with Crippen LogP contribution in [0.4, 0.5) is 0 Å². The van der Waals surface area contributed by atoms with Crippen LogP contribution < -0.4 is 0 Å². The van der Waals surface area contributed by atoms with E-state index in [0.717, 1.165) is 6.54 Å². The molecule has 0 atom stereocenters. The monoisotopic (exact) mass is 192 g/mol. The van der Waals surface area contributed by atoms with Gasteiger partial charge in [-0.3, -0.25) is 4.90 Å². The van der Waals surface area contributed by atoms with Crippen LogP contribution in [-0.4, -0.2) is 21.6 Å². The van der Waals surface area contributed by atoms with Crippen molar-refractivity contribution >= 4 is 0 Å². The zero-order chi connectivity index (χ0) is 10.3. The molecule has 1 aliphatic heterocycles. The molecule has 1 aromatic heterocycles. The predicted octanol–water partition coefficient (Wildman–Crippen LogP) is 2.18. The number of hydrogen-bond acceptors (Lipinski definition) is 1. The zero-order valence-electron chi connectivity index (χ0n) is 9.67. The summed E-state index contributed by atoms with van der Waals surface area (Å²) >= 11 is 0. The van der Waals surface area contributed by atoms with Gasteiger partial charge in [0.05, 0.1) is 0 Å². The van der Waals surface area contributed by atoms with Crippen molar-refractivity contribution in [3.05, 3.63) is 23.5 Å². The molecular weight excluding hydrogens is 172 g/mol. The van der Waals surface area contributed by atoms with Gasteiger partial charge in [0.2, 0.25) is 0 Å². The van der Waals surface area contributed by atoms with E-state index in [0.29, 0.717) is 5.54 Å². The maximum absolute atomic E-state index is 2.55. The van der Waals surface area contributed by atoms with Crippen molar-refractivity contribution in [1.82, 2.24) is 9.47 Å². The van der Waals surface area contributed by atoms with E-state index < -0.39 is 0 Å². The lowest BCUT2D eigenvalue weighted by Gasteiger charge is -2.38. The minimum atomic E-state index is 0.299. The van der Waals surface area contributed by atoms with Crippen molar-refractivity contribution in [2.45, 2.75) is 39.3 Å². The standard InChI is InChI=1S/C12H20N2/c1-12(2,3)14-8-6-11-10(9-14)5-7-13(11)4/h5,7H,6,8-9H2,1-4H3. The summed E-state index contributed by atoms with van der Waals surface area (Å²) in [7, 11) is 2.14. The van der Waals surface area contributed by atoms with Crippen LogP contribution in [0.2, 0.25) is 0 Å². The van der Waals surface area contributed by atoms with E-state index >= 15 is 0 Å². The summed E-state index contributed by atoms with van der Waals surface area (Å²) in [4.78, 5) is 2.55. The summed E-state index contributed by atoms with van der Waals surface area (Å²) in [6.07, 6.45) is 3.37. The Kier molecular flexibility index (Phi) is 2.18. The molecule has 0 aliphatic carbocycles. The van der Waals surface area contributed by atoms with Gasteiger partial charge in [-0.05, 0) is 32.4 Å². The van der Waals surface area contributed by atoms with Gasteiger partial charge in [0, 0.05) is 44.0 Å². The zero-order valence-corrected chi connectivity index (χ0v) is 9.67. The molecule has 0 saturated carbocycles. The number of fused-ring (bicyclic) bond motifs is 1. The van der Waals surface area contributed by atoms with Gasteiger partial charge in [-0.25, -0.2) is 0 Å². The van der Waals surface area contributed by atoms with Gasteiger partial charge in [-0.2, -0.15) is 0 Å². The fraction of sp³-hybridized carbons (Fsp3) is 0.667. The summed E-state index contributed by atoms with van der Waals surface area (Å²) in [6.45, 7) is 9.18. The van der Waals surface area contributed by atoms with Crippen LogP contribution in [0.5, 0.6) is 0 Å². The van der Waals surface area contributed by atoms with Crippen molar-refractivity contribution in [2.75, 3.05) is 6.54 Å². The molecule has 0 fully saturated rings. The molecule has 0 saturated heterocycles. The minimum absolute atomic E-state index is 0.299. The number of aryl methyl sites for hydroxylation is 1. The maximum Gasteiger partial charge on any atom is 0.0256 e. The minimum Gasteiger partial charge on any atom is -0.354 e. The molecule has 1 aliphatic rings. The van der Waals surface area contributed by atoms with E-state index in [1.54, 1.807) is 0 Å². The molecule has 14 heavy (non-hydrogen) atoms. The number of nitrogens with zero attached hydrogens (tertiary/aromatic N) is 2. The van der Waals surface area contributed by atoms with E-state index in [2.05, 4.69) is 49.5 Å². The third kappa shape index (κ3) is 1.59. The lowest BCUT2D eigenvalue weighted by atomic mass is 10.00. The van der Waals surface area contributed by atoms with Gasteiger partial charge in [0.1, 0.15) is 0 Å². The molecular formula is C12H20N2. The number of rotatable bonds is 0. The first-order valence-electron chi connectivity index (χ1n) is 5.36. The lowest BCUT2D eigenvalue weighted by molar-refractivity contribution is 0.119. The average molecular weight is 192 g/mol. The van der Waals surface area contributed by atoms with Gasteiger partial charge in [0.25, 0.3) is 0 Å². The Hall–Kier alpha value is -0.760. The van der Waals surface area contributed by atoms with Gasteiger partial charge < -0.3 is 4.57 Å². The Balaban J connectivity index is 2.22. The molecule has 0 bridgehead atoms. The van der Waals surface area contributed by atoms with Gasteiger partial charge in [-0.1, -0.05) is 0 Å². The second-order valence-electron chi connectivity index (χ2n) is 5.24. The van der Waals surface area contributed by atoms with Gasteiger partial charge in [0.15, 0.2) is 0 Å². The molecule has 78 valence electrons. The summed E-state index contributed by atoms with van der Waals surface area (Å²) in [5, 5.41) is 0. The van der Waals surface area contributed by atoms with Crippen LogP contribution in [0.3, 0.4) is 0 Å². The Morgan fingerprint density at radius 3 is 2.64 bits per heavy atom. The van der Waals surface area contributed by atoms with E-state index in [1.807, 2.05) is 0 Å². The fourth-order valence-corrected chi connectivity index (χ4v) is 2.19. The van der Waals surface area contributed by atoms with Crippen LogP contribution in [0.25, 0.3) is 0 Å². The Labute approximate surface area is 86.5 Å². The molecule has 1 aromatic rings. The van der Waals surface area contributed by atoms with E-state index in [-0.39, 0.29) is 0 Å². The molecule has 0 amide bonds. The molecule has 2 nitrogen and oxygen atoms in total. The van der Waals surface area contributed by atoms with Crippen LogP contribution in [-0.2, 0) is 20.0 Å². The topological polar surface area (TPSA) is 8.17 Å². The second kappa shape index (κ2) is 3.13. The van der Waals surface area contributed by atoms with Crippen LogP contribution in [0.15, 0.2) is 12.3 Å². The van der Waals surface area contributed by atoms with E-state index in [1.165, 1.54) is 24.2 Å². The molecule has 0 spiro atoms. The first-order valence-corrected chi connectivity index (χ1v) is 5.36. The Morgan fingerprint density at radius 2 is 2.00 bits per heavy atom. The van der Waals surface area contributed by atoms with Gasteiger partial charge in [-0.15, -0.1) is 0 Å². The van der Waals surface area contributed by atoms with Crippen LogP contribution >= 0.6 is 0 Å².